The van der Waals surface area contributed by atoms with Gasteiger partial charge in [0.15, 0.2) is 0 Å². The number of nitrogens with zero attached hydrogens (tertiary/aromatic N) is 1. The molecule has 3 heteroatoms. The SMILES string of the molecule is Nc1cccc(F)c1CN1CCCCCCC1. The molecule has 0 radical (unpaired) electrons. The Morgan fingerprint density at radius 1 is 1.06 bits per heavy atom. The summed E-state index contributed by atoms with van der Waals surface area (Å²) in [4.78, 5) is 2.33. The summed E-state index contributed by atoms with van der Waals surface area (Å²) in [5.41, 5.74) is 7.08. The van der Waals surface area contributed by atoms with E-state index in [1.54, 1.807) is 12.1 Å². The van der Waals surface area contributed by atoms with Crippen LogP contribution in [0.25, 0.3) is 0 Å². The van der Waals surface area contributed by atoms with Crippen molar-refractivity contribution in [2.75, 3.05) is 18.8 Å². The third kappa shape index (κ3) is 3.43. The first-order valence-electron chi connectivity index (χ1n) is 6.52. The van der Waals surface area contributed by atoms with E-state index in [1.165, 1.54) is 38.2 Å². The summed E-state index contributed by atoms with van der Waals surface area (Å²) in [6, 6.07) is 4.94. The number of rotatable bonds is 2. The van der Waals surface area contributed by atoms with Crippen molar-refractivity contribution in [1.82, 2.24) is 4.90 Å². The molecule has 2 nitrogen and oxygen atoms in total. The Bertz CT molecular complexity index is 337. The summed E-state index contributed by atoms with van der Waals surface area (Å²) in [7, 11) is 0. The van der Waals surface area contributed by atoms with Crippen molar-refractivity contribution in [1.29, 1.82) is 0 Å². The van der Waals surface area contributed by atoms with Crippen LogP contribution in [0.15, 0.2) is 18.2 Å². The molecule has 1 aromatic carbocycles. The Hall–Kier alpha value is -1.09. The molecule has 94 valence electrons. The van der Waals surface area contributed by atoms with Gasteiger partial charge >= 0.3 is 0 Å². The summed E-state index contributed by atoms with van der Waals surface area (Å²) >= 11 is 0. The fourth-order valence-corrected chi connectivity index (χ4v) is 2.44. The van der Waals surface area contributed by atoms with Crippen molar-refractivity contribution in [2.24, 2.45) is 0 Å². The van der Waals surface area contributed by atoms with E-state index >= 15 is 0 Å². The van der Waals surface area contributed by atoms with Crippen molar-refractivity contribution in [3.8, 4) is 0 Å². The fraction of sp³-hybridized carbons (Fsp3) is 0.571. The van der Waals surface area contributed by atoms with Crippen LogP contribution in [0.1, 0.15) is 37.7 Å². The first-order valence-corrected chi connectivity index (χ1v) is 6.52. The zero-order valence-corrected chi connectivity index (χ0v) is 10.3. The molecule has 0 bridgehead atoms. The smallest absolute Gasteiger partial charge is 0.129 e. The van der Waals surface area contributed by atoms with Gasteiger partial charge in [-0.05, 0) is 38.1 Å². The summed E-state index contributed by atoms with van der Waals surface area (Å²) in [6.07, 6.45) is 6.37. The fourth-order valence-electron chi connectivity index (χ4n) is 2.44. The van der Waals surface area contributed by atoms with Crippen LogP contribution in [0, 0.1) is 5.82 Å². The molecule has 0 atom stereocenters. The third-order valence-electron chi connectivity index (χ3n) is 3.49. The lowest BCUT2D eigenvalue weighted by molar-refractivity contribution is 0.237. The number of halogens is 1. The van der Waals surface area contributed by atoms with Gasteiger partial charge in [0.05, 0.1) is 0 Å². The highest BCUT2D eigenvalue weighted by atomic mass is 19.1. The van der Waals surface area contributed by atoms with Gasteiger partial charge in [0.25, 0.3) is 0 Å². The topological polar surface area (TPSA) is 29.3 Å². The van der Waals surface area contributed by atoms with Gasteiger partial charge in [0.1, 0.15) is 5.82 Å². The van der Waals surface area contributed by atoms with Gasteiger partial charge in [-0.25, -0.2) is 4.39 Å². The second-order valence-corrected chi connectivity index (χ2v) is 4.85. The molecule has 0 aromatic heterocycles. The summed E-state index contributed by atoms with van der Waals surface area (Å²) in [5, 5.41) is 0. The first kappa shape index (κ1) is 12.4. The van der Waals surface area contributed by atoms with E-state index in [4.69, 9.17) is 5.73 Å². The van der Waals surface area contributed by atoms with Crippen LogP contribution in [0.5, 0.6) is 0 Å². The van der Waals surface area contributed by atoms with Crippen LogP contribution in [0.2, 0.25) is 0 Å². The molecule has 0 saturated carbocycles. The van der Waals surface area contributed by atoms with Crippen LogP contribution >= 0.6 is 0 Å². The van der Waals surface area contributed by atoms with Gasteiger partial charge in [-0.3, -0.25) is 4.90 Å². The minimum Gasteiger partial charge on any atom is -0.398 e. The molecule has 1 aliphatic rings. The maximum absolute atomic E-state index is 13.7. The molecule has 0 aliphatic carbocycles. The molecule has 1 aliphatic heterocycles. The largest absolute Gasteiger partial charge is 0.398 e. The molecule has 1 heterocycles. The maximum atomic E-state index is 13.7. The quantitative estimate of drug-likeness (QED) is 0.799. The molecular formula is C14H21FN2. The van der Waals surface area contributed by atoms with Crippen LogP contribution in [0.3, 0.4) is 0 Å². The molecular weight excluding hydrogens is 215 g/mol. The van der Waals surface area contributed by atoms with Gasteiger partial charge in [0.2, 0.25) is 0 Å². The average molecular weight is 236 g/mol. The van der Waals surface area contributed by atoms with E-state index in [0.717, 1.165) is 13.1 Å². The minimum atomic E-state index is -0.174. The third-order valence-corrected chi connectivity index (χ3v) is 3.49. The Morgan fingerprint density at radius 3 is 2.35 bits per heavy atom. The van der Waals surface area contributed by atoms with E-state index in [9.17, 15) is 4.39 Å². The molecule has 2 rings (SSSR count). The molecule has 1 aromatic rings. The molecule has 0 spiro atoms. The lowest BCUT2D eigenvalue weighted by atomic mass is 10.1. The predicted octanol–water partition coefficient (Wildman–Crippen LogP) is 3.17. The first-order chi connectivity index (χ1) is 8.27. The number of hydrogen-bond donors (Lipinski definition) is 1. The highest BCUT2D eigenvalue weighted by molar-refractivity contribution is 5.47. The molecule has 0 amide bonds. The van der Waals surface area contributed by atoms with E-state index in [0.29, 0.717) is 17.8 Å². The number of benzene rings is 1. The van der Waals surface area contributed by atoms with Crippen molar-refractivity contribution in [3.05, 3.63) is 29.6 Å². The average Bonchev–Trinajstić information content (AvgIpc) is 2.26. The zero-order chi connectivity index (χ0) is 12.1. The van der Waals surface area contributed by atoms with Crippen LogP contribution in [-0.2, 0) is 6.54 Å². The number of nitrogen functional groups attached to an aromatic ring is 1. The Kier molecular flexibility index (Phi) is 4.37. The zero-order valence-electron chi connectivity index (χ0n) is 10.3. The maximum Gasteiger partial charge on any atom is 0.129 e. The predicted molar refractivity (Wildman–Crippen MR) is 69.2 cm³/mol. The van der Waals surface area contributed by atoms with Crippen molar-refractivity contribution in [3.63, 3.8) is 0 Å². The highest BCUT2D eigenvalue weighted by Crippen LogP contribution is 2.19. The monoisotopic (exact) mass is 236 g/mol. The number of hydrogen-bond acceptors (Lipinski definition) is 2. The van der Waals surface area contributed by atoms with E-state index < -0.39 is 0 Å². The lowest BCUT2D eigenvalue weighted by Gasteiger charge is -2.25. The normalized spacial score (nSPS) is 18.6. The van der Waals surface area contributed by atoms with Gasteiger partial charge in [0, 0.05) is 17.8 Å². The summed E-state index contributed by atoms with van der Waals surface area (Å²) in [6.45, 7) is 2.78. The summed E-state index contributed by atoms with van der Waals surface area (Å²) in [5.74, 6) is -0.174. The van der Waals surface area contributed by atoms with E-state index in [-0.39, 0.29) is 5.82 Å². The molecule has 2 N–H and O–H groups in total. The van der Waals surface area contributed by atoms with Crippen LogP contribution in [0.4, 0.5) is 10.1 Å². The molecule has 0 unspecified atom stereocenters. The molecule has 1 fully saturated rings. The minimum absolute atomic E-state index is 0.174. The second-order valence-electron chi connectivity index (χ2n) is 4.85. The van der Waals surface area contributed by atoms with Crippen LogP contribution < -0.4 is 5.73 Å². The lowest BCUT2D eigenvalue weighted by Crippen LogP contribution is -2.27. The van der Waals surface area contributed by atoms with Crippen LogP contribution in [-0.4, -0.2) is 18.0 Å². The number of likely N-dealkylation sites (tertiary alicyclic amines) is 1. The Balaban J connectivity index is 2.03. The van der Waals surface area contributed by atoms with Gasteiger partial charge < -0.3 is 5.73 Å². The van der Waals surface area contributed by atoms with Gasteiger partial charge in [-0.2, -0.15) is 0 Å². The number of anilines is 1. The van der Waals surface area contributed by atoms with Crippen molar-refractivity contribution in [2.45, 2.75) is 38.6 Å². The van der Waals surface area contributed by atoms with Crippen molar-refractivity contribution >= 4 is 5.69 Å². The van der Waals surface area contributed by atoms with Gasteiger partial charge in [-0.1, -0.05) is 25.3 Å². The Labute approximate surface area is 103 Å². The van der Waals surface area contributed by atoms with E-state index in [1.807, 2.05) is 0 Å². The highest BCUT2D eigenvalue weighted by Gasteiger charge is 2.13. The molecule has 17 heavy (non-hydrogen) atoms. The summed E-state index contributed by atoms with van der Waals surface area (Å²) < 4.78 is 13.7. The number of nitrogens with two attached hydrogens (primary N) is 1. The van der Waals surface area contributed by atoms with Gasteiger partial charge in [-0.15, -0.1) is 0 Å². The molecule has 1 saturated heterocycles. The van der Waals surface area contributed by atoms with E-state index in [2.05, 4.69) is 4.90 Å². The van der Waals surface area contributed by atoms with Crippen molar-refractivity contribution < 1.29 is 4.39 Å². The Morgan fingerprint density at radius 2 is 1.71 bits per heavy atom. The standard InChI is InChI=1S/C14H21FN2/c15-13-7-6-8-14(16)12(13)11-17-9-4-2-1-3-5-10-17/h6-8H,1-5,9-11,16H2. The second kappa shape index (κ2) is 6.01.